The normalized spacial score (nSPS) is 11.7. The van der Waals surface area contributed by atoms with Crippen LogP contribution in [0.5, 0.6) is 0 Å². The first-order chi connectivity index (χ1) is 10.6. The Morgan fingerprint density at radius 2 is 2.05 bits per heavy atom. The van der Waals surface area contributed by atoms with Crippen molar-refractivity contribution in [3.63, 3.8) is 0 Å². The molecule has 2 rings (SSSR count). The fourth-order valence-corrected chi connectivity index (χ4v) is 2.26. The number of hydrogen-bond acceptors (Lipinski definition) is 3. The molecule has 1 aromatic carbocycles. The van der Waals surface area contributed by atoms with Crippen molar-refractivity contribution in [1.82, 2.24) is 10.3 Å². The fourth-order valence-electron chi connectivity index (χ4n) is 1.91. The fraction of sp³-hybridized carbons (Fsp3) is 0.250. The van der Waals surface area contributed by atoms with E-state index in [0.717, 1.165) is 10.0 Å². The van der Waals surface area contributed by atoms with E-state index in [1.54, 1.807) is 12.3 Å². The van der Waals surface area contributed by atoms with E-state index in [4.69, 9.17) is 4.74 Å². The number of hydrogen-bond donors (Lipinski definition) is 2. The minimum Gasteiger partial charge on any atom is -0.451 e. The van der Waals surface area contributed by atoms with Crippen molar-refractivity contribution in [1.29, 1.82) is 0 Å². The van der Waals surface area contributed by atoms with Gasteiger partial charge in [0.2, 0.25) is 0 Å². The summed E-state index contributed by atoms with van der Waals surface area (Å²) in [7, 11) is 0. The molecule has 1 unspecified atom stereocenters. The second-order valence-corrected chi connectivity index (χ2v) is 5.84. The molecule has 1 heterocycles. The second kappa shape index (κ2) is 7.79. The van der Waals surface area contributed by atoms with Gasteiger partial charge in [-0.05, 0) is 33.5 Å². The largest absolute Gasteiger partial charge is 0.451 e. The first-order valence-corrected chi connectivity index (χ1v) is 7.68. The van der Waals surface area contributed by atoms with E-state index in [0.29, 0.717) is 12.2 Å². The summed E-state index contributed by atoms with van der Waals surface area (Å²) in [5.74, 6) is -0.682. The van der Waals surface area contributed by atoms with Gasteiger partial charge in [-0.2, -0.15) is 0 Å². The van der Waals surface area contributed by atoms with Crippen LogP contribution < -0.4 is 5.32 Å². The zero-order valence-electron chi connectivity index (χ0n) is 12.1. The van der Waals surface area contributed by atoms with Gasteiger partial charge in [-0.1, -0.05) is 37.3 Å². The third kappa shape index (κ3) is 4.73. The first-order valence-electron chi connectivity index (χ1n) is 6.89. The van der Waals surface area contributed by atoms with Gasteiger partial charge in [-0.15, -0.1) is 0 Å². The molecule has 2 N–H and O–H groups in total. The van der Waals surface area contributed by atoms with Crippen LogP contribution in [0.2, 0.25) is 0 Å². The minimum absolute atomic E-state index is 0.195. The molecule has 22 heavy (non-hydrogen) atoms. The average Bonchev–Trinajstić information content (AvgIpc) is 2.97. The Kier molecular flexibility index (Phi) is 5.77. The van der Waals surface area contributed by atoms with Crippen molar-refractivity contribution in [2.75, 3.05) is 13.2 Å². The highest BCUT2D eigenvalue weighted by molar-refractivity contribution is 9.10. The van der Waals surface area contributed by atoms with E-state index >= 15 is 0 Å². The van der Waals surface area contributed by atoms with Crippen molar-refractivity contribution in [3.8, 4) is 0 Å². The number of ether oxygens (including phenoxy) is 1. The molecule has 0 saturated heterocycles. The van der Waals surface area contributed by atoms with E-state index in [9.17, 15) is 9.59 Å². The Morgan fingerprint density at radius 3 is 2.68 bits per heavy atom. The van der Waals surface area contributed by atoms with Crippen molar-refractivity contribution >= 4 is 27.8 Å². The maximum absolute atomic E-state index is 11.7. The van der Waals surface area contributed by atoms with Crippen molar-refractivity contribution in [2.45, 2.75) is 12.8 Å². The van der Waals surface area contributed by atoms with Gasteiger partial charge < -0.3 is 15.0 Å². The molecule has 0 radical (unpaired) electrons. The number of H-pyrrole nitrogens is 1. The summed E-state index contributed by atoms with van der Waals surface area (Å²) in [5.41, 5.74) is 1.45. The zero-order chi connectivity index (χ0) is 15.9. The molecule has 0 fully saturated rings. The summed E-state index contributed by atoms with van der Waals surface area (Å²) in [4.78, 5) is 26.1. The predicted molar refractivity (Wildman–Crippen MR) is 86.6 cm³/mol. The molecule has 0 spiro atoms. The molecule has 0 aliphatic carbocycles. The van der Waals surface area contributed by atoms with Gasteiger partial charge in [0.1, 0.15) is 5.69 Å². The number of nitrogens with one attached hydrogen (secondary N) is 2. The highest BCUT2D eigenvalue weighted by atomic mass is 79.9. The Bertz CT molecular complexity index is 640. The van der Waals surface area contributed by atoms with Crippen LogP contribution in [-0.4, -0.2) is 30.0 Å². The minimum atomic E-state index is -0.558. The molecular weight excluding hydrogens is 348 g/mol. The van der Waals surface area contributed by atoms with E-state index in [1.807, 2.05) is 37.3 Å². The molecule has 1 atom stereocenters. The summed E-state index contributed by atoms with van der Waals surface area (Å²) in [6.07, 6.45) is 1.62. The van der Waals surface area contributed by atoms with Gasteiger partial charge in [-0.25, -0.2) is 4.79 Å². The molecule has 0 aliphatic heterocycles. The standard InChI is InChI=1S/C16H17BrN2O3/c1-11(12-5-3-2-4-6-12)8-19-15(20)10-22-16(21)14-7-13(17)9-18-14/h2-7,9,11,18H,8,10H2,1H3,(H,19,20). The molecule has 2 aromatic rings. The van der Waals surface area contributed by atoms with Crippen LogP contribution >= 0.6 is 15.9 Å². The Hall–Kier alpha value is -2.08. The van der Waals surface area contributed by atoms with E-state index in [2.05, 4.69) is 26.2 Å². The van der Waals surface area contributed by atoms with Crippen molar-refractivity contribution in [2.24, 2.45) is 0 Å². The second-order valence-electron chi connectivity index (χ2n) is 4.92. The number of aromatic amines is 1. The Balaban J connectivity index is 1.73. The molecule has 0 saturated carbocycles. The lowest BCUT2D eigenvalue weighted by Crippen LogP contribution is -2.31. The SMILES string of the molecule is CC(CNC(=O)COC(=O)c1cc(Br)c[nH]1)c1ccccc1. The maximum atomic E-state index is 11.7. The molecule has 116 valence electrons. The van der Waals surface area contributed by atoms with Crippen LogP contribution in [0.1, 0.15) is 28.9 Å². The lowest BCUT2D eigenvalue weighted by Gasteiger charge is -2.13. The smallest absolute Gasteiger partial charge is 0.355 e. The molecule has 0 aliphatic rings. The lowest BCUT2D eigenvalue weighted by molar-refractivity contribution is -0.124. The summed E-state index contributed by atoms with van der Waals surface area (Å²) >= 11 is 3.23. The van der Waals surface area contributed by atoms with Crippen LogP contribution in [0.15, 0.2) is 47.1 Å². The number of carbonyl (C=O) groups excluding carboxylic acids is 2. The molecular formula is C16H17BrN2O3. The average molecular weight is 365 g/mol. The van der Waals surface area contributed by atoms with Crippen molar-refractivity contribution < 1.29 is 14.3 Å². The highest BCUT2D eigenvalue weighted by Crippen LogP contribution is 2.13. The summed E-state index contributed by atoms with van der Waals surface area (Å²) in [6, 6.07) is 11.5. The molecule has 1 amide bonds. The van der Waals surface area contributed by atoms with Crippen LogP contribution in [0.25, 0.3) is 0 Å². The van der Waals surface area contributed by atoms with Gasteiger partial charge in [0.05, 0.1) is 0 Å². The quantitative estimate of drug-likeness (QED) is 0.774. The van der Waals surface area contributed by atoms with E-state index in [-0.39, 0.29) is 18.4 Å². The molecule has 5 nitrogen and oxygen atoms in total. The highest BCUT2D eigenvalue weighted by Gasteiger charge is 2.12. The number of rotatable bonds is 6. The number of halogens is 1. The van der Waals surface area contributed by atoms with Gasteiger partial charge in [0, 0.05) is 17.2 Å². The van der Waals surface area contributed by atoms with Gasteiger partial charge in [-0.3, -0.25) is 4.79 Å². The van der Waals surface area contributed by atoms with Gasteiger partial charge >= 0.3 is 5.97 Å². The topological polar surface area (TPSA) is 71.2 Å². The summed E-state index contributed by atoms with van der Waals surface area (Å²) in [6.45, 7) is 2.23. The van der Waals surface area contributed by atoms with Crippen LogP contribution in [0.3, 0.4) is 0 Å². The maximum Gasteiger partial charge on any atom is 0.355 e. The number of amides is 1. The number of benzene rings is 1. The number of carbonyl (C=O) groups is 2. The molecule has 1 aromatic heterocycles. The van der Waals surface area contributed by atoms with E-state index in [1.165, 1.54) is 0 Å². The van der Waals surface area contributed by atoms with Gasteiger partial charge in [0.15, 0.2) is 6.61 Å². The van der Waals surface area contributed by atoms with Gasteiger partial charge in [0.25, 0.3) is 5.91 Å². The third-order valence-electron chi connectivity index (χ3n) is 3.18. The summed E-state index contributed by atoms with van der Waals surface area (Å²) in [5, 5.41) is 2.76. The summed E-state index contributed by atoms with van der Waals surface area (Å²) < 4.78 is 5.69. The van der Waals surface area contributed by atoms with E-state index < -0.39 is 5.97 Å². The molecule has 0 bridgehead atoms. The number of esters is 1. The number of aromatic nitrogens is 1. The Morgan fingerprint density at radius 1 is 1.32 bits per heavy atom. The lowest BCUT2D eigenvalue weighted by atomic mass is 10.0. The third-order valence-corrected chi connectivity index (χ3v) is 3.63. The van der Waals surface area contributed by atoms with Crippen LogP contribution in [0.4, 0.5) is 0 Å². The predicted octanol–water partition coefficient (Wildman–Crippen LogP) is 2.85. The zero-order valence-corrected chi connectivity index (χ0v) is 13.7. The van der Waals surface area contributed by atoms with Crippen LogP contribution in [-0.2, 0) is 9.53 Å². The van der Waals surface area contributed by atoms with Crippen molar-refractivity contribution in [3.05, 3.63) is 58.3 Å². The van der Waals surface area contributed by atoms with Crippen LogP contribution in [0, 0.1) is 0 Å². The first kappa shape index (κ1) is 16.3. The monoisotopic (exact) mass is 364 g/mol. The molecule has 6 heteroatoms. The Labute approximate surface area is 137 Å².